The van der Waals surface area contributed by atoms with Gasteiger partial charge in [-0.25, -0.2) is 4.39 Å². The van der Waals surface area contributed by atoms with Gasteiger partial charge in [0.1, 0.15) is 5.82 Å². The molecule has 1 atom stereocenters. The summed E-state index contributed by atoms with van der Waals surface area (Å²) in [4.78, 5) is 13.6. The Morgan fingerprint density at radius 2 is 2.29 bits per heavy atom. The van der Waals surface area contributed by atoms with Gasteiger partial charge in [-0.15, -0.1) is 0 Å². The molecule has 1 aromatic carbocycles. The zero-order valence-electron chi connectivity index (χ0n) is 9.82. The molecule has 3 nitrogen and oxygen atoms in total. The molecule has 1 amide bonds. The maximum Gasteiger partial charge on any atom is 0.256 e. The molecule has 0 saturated carbocycles. The molecule has 1 heterocycles. The SMILES string of the molecule is Cc1ccc(F)c(C(=O)N2CCCC(O)C2)c1. The van der Waals surface area contributed by atoms with Crippen LogP contribution in [-0.2, 0) is 0 Å². The topological polar surface area (TPSA) is 40.5 Å². The molecule has 0 bridgehead atoms. The Bertz CT molecular complexity index is 433. The number of hydrogen-bond donors (Lipinski definition) is 1. The summed E-state index contributed by atoms with van der Waals surface area (Å²) in [6.07, 6.45) is 0.987. The number of rotatable bonds is 1. The Morgan fingerprint density at radius 3 is 3.00 bits per heavy atom. The first-order valence-corrected chi connectivity index (χ1v) is 5.81. The number of aryl methyl sites for hydroxylation is 1. The summed E-state index contributed by atoms with van der Waals surface area (Å²) in [5.74, 6) is -0.828. The molecule has 0 radical (unpaired) electrons. The number of carbonyl (C=O) groups excluding carboxylic acids is 1. The average molecular weight is 237 g/mol. The number of aliphatic hydroxyl groups is 1. The van der Waals surface area contributed by atoms with Crippen molar-refractivity contribution in [2.45, 2.75) is 25.9 Å². The van der Waals surface area contributed by atoms with Gasteiger partial charge >= 0.3 is 0 Å². The molecule has 1 aliphatic rings. The summed E-state index contributed by atoms with van der Waals surface area (Å²) >= 11 is 0. The third-order valence-electron chi connectivity index (χ3n) is 3.04. The van der Waals surface area contributed by atoms with Gasteiger partial charge in [-0.1, -0.05) is 11.6 Å². The van der Waals surface area contributed by atoms with Gasteiger partial charge in [0.15, 0.2) is 0 Å². The number of aliphatic hydroxyl groups excluding tert-OH is 1. The second-order valence-corrected chi connectivity index (χ2v) is 4.53. The summed E-state index contributed by atoms with van der Waals surface area (Å²) < 4.78 is 13.6. The molecular weight excluding hydrogens is 221 g/mol. The van der Waals surface area contributed by atoms with E-state index in [0.29, 0.717) is 19.5 Å². The van der Waals surface area contributed by atoms with Crippen molar-refractivity contribution in [3.8, 4) is 0 Å². The average Bonchev–Trinajstić information content (AvgIpc) is 2.31. The maximum absolute atomic E-state index is 13.6. The first-order chi connectivity index (χ1) is 8.08. The van der Waals surface area contributed by atoms with Crippen molar-refractivity contribution in [2.24, 2.45) is 0 Å². The molecule has 1 unspecified atom stereocenters. The Morgan fingerprint density at radius 1 is 1.53 bits per heavy atom. The van der Waals surface area contributed by atoms with Gasteiger partial charge in [0.2, 0.25) is 0 Å². The maximum atomic E-state index is 13.6. The lowest BCUT2D eigenvalue weighted by atomic mass is 10.1. The summed E-state index contributed by atoms with van der Waals surface area (Å²) in [6.45, 7) is 2.71. The minimum Gasteiger partial charge on any atom is -0.391 e. The Labute approximate surface area is 99.9 Å². The highest BCUT2D eigenvalue weighted by molar-refractivity contribution is 5.94. The minimum atomic E-state index is -0.499. The van der Waals surface area contributed by atoms with E-state index in [1.165, 1.54) is 11.0 Å². The third-order valence-corrected chi connectivity index (χ3v) is 3.04. The van der Waals surface area contributed by atoms with E-state index >= 15 is 0 Å². The van der Waals surface area contributed by atoms with Crippen LogP contribution in [0.3, 0.4) is 0 Å². The van der Waals surface area contributed by atoms with Gasteiger partial charge in [0.25, 0.3) is 5.91 Å². The fraction of sp³-hybridized carbons (Fsp3) is 0.462. The molecule has 1 saturated heterocycles. The van der Waals surface area contributed by atoms with Crippen LogP contribution in [0, 0.1) is 12.7 Å². The van der Waals surface area contributed by atoms with E-state index in [1.807, 2.05) is 6.92 Å². The van der Waals surface area contributed by atoms with Crippen LogP contribution in [0.15, 0.2) is 18.2 Å². The van der Waals surface area contributed by atoms with Crippen LogP contribution in [-0.4, -0.2) is 35.1 Å². The number of likely N-dealkylation sites (tertiary alicyclic amines) is 1. The number of nitrogens with zero attached hydrogens (tertiary/aromatic N) is 1. The fourth-order valence-corrected chi connectivity index (χ4v) is 2.11. The number of halogens is 1. The predicted octanol–water partition coefficient (Wildman–Crippen LogP) is 1.73. The van der Waals surface area contributed by atoms with Crippen molar-refractivity contribution >= 4 is 5.91 Å². The number of β-amino-alcohol motifs (C(OH)–C–C–N with tert-alkyl or cyclic N) is 1. The Hall–Kier alpha value is -1.42. The molecule has 4 heteroatoms. The number of benzene rings is 1. The number of amides is 1. The van der Waals surface area contributed by atoms with E-state index in [2.05, 4.69) is 0 Å². The largest absolute Gasteiger partial charge is 0.391 e. The van der Waals surface area contributed by atoms with Gasteiger partial charge in [0, 0.05) is 13.1 Å². The van der Waals surface area contributed by atoms with Crippen LogP contribution in [0.5, 0.6) is 0 Å². The Kier molecular flexibility index (Phi) is 3.43. The smallest absolute Gasteiger partial charge is 0.256 e. The van der Waals surface area contributed by atoms with Crippen LogP contribution < -0.4 is 0 Å². The first kappa shape index (κ1) is 12.0. The van der Waals surface area contributed by atoms with Crippen molar-refractivity contribution in [1.82, 2.24) is 4.90 Å². The first-order valence-electron chi connectivity index (χ1n) is 5.81. The molecule has 1 aromatic rings. The summed E-state index contributed by atoms with van der Waals surface area (Å²) in [5, 5.41) is 9.51. The van der Waals surface area contributed by atoms with E-state index in [-0.39, 0.29) is 11.5 Å². The van der Waals surface area contributed by atoms with Crippen molar-refractivity contribution in [2.75, 3.05) is 13.1 Å². The molecule has 2 rings (SSSR count). The second kappa shape index (κ2) is 4.84. The van der Waals surface area contributed by atoms with Crippen LogP contribution in [0.4, 0.5) is 4.39 Å². The van der Waals surface area contributed by atoms with Crippen LogP contribution in [0.1, 0.15) is 28.8 Å². The quantitative estimate of drug-likeness (QED) is 0.808. The molecule has 1 aliphatic heterocycles. The molecule has 0 aliphatic carbocycles. The minimum absolute atomic E-state index is 0.0964. The van der Waals surface area contributed by atoms with Crippen molar-refractivity contribution in [3.63, 3.8) is 0 Å². The number of piperidine rings is 1. The summed E-state index contributed by atoms with van der Waals surface area (Å²) in [7, 11) is 0. The third kappa shape index (κ3) is 2.64. The van der Waals surface area contributed by atoms with E-state index in [1.54, 1.807) is 12.1 Å². The summed E-state index contributed by atoms with van der Waals surface area (Å²) in [6, 6.07) is 4.50. The lowest BCUT2D eigenvalue weighted by Crippen LogP contribution is -2.42. The van der Waals surface area contributed by atoms with E-state index in [0.717, 1.165) is 12.0 Å². The number of carbonyl (C=O) groups is 1. The fourth-order valence-electron chi connectivity index (χ4n) is 2.11. The molecular formula is C13H16FNO2. The lowest BCUT2D eigenvalue weighted by molar-refractivity contribution is 0.0470. The highest BCUT2D eigenvalue weighted by Crippen LogP contribution is 2.17. The van der Waals surface area contributed by atoms with Gasteiger partial charge in [-0.2, -0.15) is 0 Å². The van der Waals surface area contributed by atoms with Crippen molar-refractivity contribution in [1.29, 1.82) is 0 Å². The van der Waals surface area contributed by atoms with Gasteiger partial charge in [-0.05, 0) is 31.9 Å². The normalized spacial score (nSPS) is 20.4. The summed E-state index contributed by atoms with van der Waals surface area (Å²) in [5.41, 5.74) is 0.950. The molecule has 1 N–H and O–H groups in total. The molecule has 0 aromatic heterocycles. The monoisotopic (exact) mass is 237 g/mol. The van der Waals surface area contributed by atoms with Crippen LogP contribution >= 0.6 is 0 Å². The molecule has 1 fully saturated rings. The standard InChI is InChI=1S/C13H16FNO2/c1-9-4-5-12(14)11(7-9)13(17)15-6-2-3-10(16)8-15/h4-5,7,10,16H,2-3,6,8H2,1H3. The van der Waals surface area contributed by atoms with E-state index in [4.69, 9.17) is 0 Å². The second-order valence-electron chi connectivity index (χ2n) is 4.53. The van der Waals surface area contributed by atoms with Crippen molar-refractivity contribution < 1.29 is 14.3 Å². The number of hydrogen-bond acceptors (Lipinski definition) is 2. The van der Waals surface area contributed by atoms with E-state index in [9.17, 15) is 14.3 Å². The molecule has 0 spiro atoms. The zero-order valence-corrected chi connectivity index (χ0v) is 9.82. The Balaban J connectivity index is 2.21. The predicted molar refractivity (Wildman–Crippen MR) is 62.3 cm³/mol. The van der Waals surface area contributed by atoms with Gasteiger partial charge in [0.05, 0.1) is 11.7 Å². The van der Waals surface area contributed by atoms with E-state index < -0.39 is 11.9 Å². The lowest BCUT2D eigenvalue weighted by Gasteiger charge is -2.30. The van der Waals surface area contributed by atoms with Crippen LogP contribution in [0.25, 0.3) is 0 Å². The van der Waals surface area contributed by atoms with Gasteiger partial charge in [-0.3, -0.25) is 4.79 Å². The highest BCUT2D eigenvalue weighted by atomic mass is 19.1. The van der Waals surface area contributed by atoms with Crippen molar-refractivity contribution in [3.05, 3.63) is 35.1 Å². The van der Waals surface area contributed by atoms with Crippen LogP contribution in [0.2, 0.25) is 0 Å². The zero-order chi connectivity index (χ0) is 12.4. The molecule has 92 valence electrons. The highest BCUT2D eigenvalue weighted by Gasteiger charge is 2.24. The van der Waals surface area contributed by atoms with Gasteiger partial charge < -0.3 is 10.0 Å². The molecule has 17 heavy (non-hydrogen) atoms.